The van der Waals surface area contributed by atoms with Gasteiger partial charge >= 0.3 is 5.97 Å². The Kier molecular flexibility index (Phi) is 4.73. The van der Waals surface area contributed by atoms with E-state index in [1.165, 1.54) is 4.90 Å². The molecule has 0 bridgehead atoms. The number of carboxylic acid groups (broad SMARTS) is 1. The molecule has 1 heterocycles. The molecule has 0 radical (unpaired) electrons. The van der Waals surface area contributed by atoms with Crippen LogP contribution in [0, 0.1) is 0 Å². The minimum Gasteiger partial charge on any atom is -0.480 e. The van der Waals surface area contributed by atoms with Gasteiger partial charge in [0.1, 0.15) is 6.54 Å². The Labute approximate surface area is 95.8 Å². The van der Waals surface area contributed by atoms with Crippen molar-refractivity contribution in [3.05, 3.63) is 0 Å². The molecule has 1 atom stereocenters. The van der Waals surface area contributed by atoms with Gasteiger partial charge in [0.2, 0.25) is 5.91 Å². The predicted octanol–water partition coefficient (Wildman–Crippen LogP) is 0.450. The van der Waals surface area contributed by atoms with Crippen LogP contribution in [0.5, 0.6) is 0 Å². The smallest absolute Gasteiger partial charge is 0.323 e. The number of carboxylic acids is 1. The van der Waals surface area contributed by atoms with E-state index in [-0.39, 0.29) is 24.5 Å². The van der Waals surface area contributed by atoms with E-state index < -0.39 is 5.97 Å². The number of carbonyl (C=O) groups is 2. The summed E-state index contributed by atoms with van der Waals surface area (Å²) in [6.45, 7) is 4.42. The number of hydrogen-bond donors (Lipinski definition) is 2. The number of nitrogens with zero attached hydrogens (tertiary/aromatic N) is 1. The molecule has 0 saturated carbocycles. The van der Waals surface area contributed by atoms with E-state index in [1.807, 2.05) is 13.8 Å². The van der Waals surface area contributed by atoms with Crippen molar-refractivity contribution in [2.45, 2.75) is 45.2 Å². The molecule has 92 valence electrons. The molecular weight excluding hydrogens is 208 g/mol. The van der Waals surface area contributed by atoms with Gasteiger partial charge in [-0.25, -0.2) is 0 Å². The maximum absolute atomic E-state index is 11.9. The van der Waals surface area contributed by atoms with Crippen molar-refractivity contribution in [1.82, 2.24) is 10.2 Å². The topological polar surface area (TPSA) is 69.6 Å². The highest BCUT2D eigenvalue weighted by Gasteiger charge is 2.24. The highest BCUT2D eigenvalue weighted by molar-refractivity contribution is 5.82. The second-order valence-corrected chi connectivity index (χ2v) is 4.51. The third kappa shape index (κ3) is 3.81. The Balaban J connectivity index is 2.49. The number of rotatable bonds is 5. The third-order valence-electron chi connectivity index (χ3n) is 2.83. The summed E-state index contributed by atoms with van der Waals surface area (Å²) < 4.78 is 0. The Bertz CT molecular complexity index is 260. The Morgan fingerprint density at radius 2 is 2.19 bits per heavy atom. The Hall–Kier alpha value is -1.10. The molecule has 5 heteroatoms. The molecule has 0 aliphatic carbocycles. The van der Waals surface area contributed by atoms with E-state index in [0.717, 1.165) is 19.4 Å². The molecule has 2 N–H and O–H groups in total. The zero-order valence-corrected chi connectivity index (χ0v) is 9.90. The summed E-state index contributed by atoms with van der Waals surface area (Å²) in [5, 5.41) is 12.0. The summed E-state index contributed by atoms with van der Waals surface area (Å²) in [7, 11) is 0. The van der Waals surface area contributed by atoms with Crippen LogP contribution in [0.1, 0.15) is 33.1 Å². The molecule has 1 saturated heterocycles. The fourth-order valence-electron chi connectivity index (χ4n) is 1.96. The molecule has 16 heavy (non-hydrogen) atoms. The van der Waals surface area contributed by atoms with Crippen molar-refractivity contribution in [1.29, 1.82) is 0 Å². The van der Waals surface area contributed by atoms with Gasteiger partial charge in [0.05, 0.1) is 0 Å². The van der Waals surface area contributed by atoms with Gasteiger partial charge < -0.3 is 15.3 Å². The van der Waals surface area contributed by atoms with Crippen LogP contribution in [0.2, 0.25) is 0 Å². The molecule has 0 aromatic rings. The second kappa shape index (κ2) is 5.84. The lowest BCUT2D eigenvalue weighted by atomic mass is 10.1. The SMILES string of the molecule is CC(C)N(CC(=O)O)C(=O)CC1CCCN1. The van der Waals surface area contributed by atoms with Crippen LogP contribution in [0.25, 0.3) is 0 Å². The average molecular weight is 228 g/mol. The molecule has 0 spiro atoms. The summed E-state index contributed by atoms with van der Waals surface area (Å²) in [4.78, 5) is 24.0. The molecule has 0 aromatic carbocycles. The van der Waals surface area contributed by atoms with Crippen LogP contribution >= 0.6 is 0 Å². The largest absolute Gasteiger partial charge is 0.480 e. The fourth-order valence-corrected chi connectivity index (χ4v) is 1.96. The van der Waals surface area contributed by atoms with Gasteiger partial charge in [-0.3, -0.25) is 9.59 Å². The lowest BCUT2D eigenvalue weighted by Gasteiger charge is -2.26. The highest BCUT2D eigenvalue weighted by Crippen LogP contribution is 2.11. The van der Waals surface area contributed by atoms with Gasteiger partial charge in [0.15, 0.2) is 0 Å². The lowest BCUT2D eigenvalue weighted by molar-refractivity contribution is -0.146. The van der Waals surface area contributed by atoms with Crippen molar-refractivity contribution in [2.24, 2.45) is 0 Å². The summed E-state index contributed by atoms with van der Waals surface area (Å²) in [6.07, 6.45) is 2.51. The third-order valence-corrected chi connectivity index (χ3v) is 2.83. The molecule has 1 amide bonds. The van der Waals surface area contributed by atoms with Crippen molar-refractivity contribution in [3.8, 4) is 0 Å². The predicted molar refractivity (Wildman–Crippen MR) is 60.1 cm³/mol. The molecule has 1 aliphatic rings. The van der Waals surface area contributed by atoms with Crippen LogP contribution in [-0.2, 0) is 9.59 Å². The van der Waals surface area contributed by atoms with Gasteiger partial charge in [0.25, 0.3) is 0 Å². The first kappa shape index (κ1) is 13.0. The molecule has 1 fully saturated rings. The van der Waals surface area contributed by atoms with E-state index in [9.17, 15) is 9.59 Å². The summed E-state index contributed by atoms with van der Waals surface area (Å²) in [6, 6.07) is 0.160. The quantitative estimate of drug-likeness (QED) is 0.717. The number of nitrogens with one attached hydrogen (secondary N) is 1. The van der Waals surface area contributed by atoms with Crippen molar-refractivity contribution in [2.75, 3.05) is 13.1 Å². The van der Waals surface area contributed by atoms with E-state index in [2.05, 4.69) is 5.32 Å². The average Bonchev–Trinajstić information content (AvgIpc) is 2.65. The van der Waals surface area contributed by atoms with Crippen LogP contribution < -0.4 is 5.32 Å². The van der Waals surface area contributed by atoms with Crippen LogP contribution in [0.15, 0.2) is 0 Å². The molecule has 1 unspecified atom stereocenters. The van der Waals surface area contributed by atoms with Crippen LogP contribution in [-0.4, -0.2) is 47.1 Å². The molecule has 1 aliphatic heterocycles. The van der Waals surface area contributed by atoms with Crippen molar-refractivity contribution >= 4 is 11.9 Å². The maximum atomic E-state index is 11.9. The van der Waals surface area contributed by atoms with Gasteiger partial charge in [-0.05, 0) is 33.2 Å². The highest BCUT2D eigenvalue weighted by atomic mass is 16.4. The van der Waals surface area contributed by atoms with E-state index in [1.54, 1.807) is 0 Å². The first-order valence-corrected chi connectivity index (χ1v) is 5.75. The van der Waals surface area contributed by atoms with Crippen LogP contribution in [0.4, 0.5) is 0 Å². The van der Waals surface area contributed by atoms with Crippen molar-refractivity contribution in [3.63, 3.8) is 0 Å². The Morgan fingerprint density at radius 1 is 1.50 bits per heavy atom. The van der Waals surface area contributed by atoms with Gasteiger partial charge in [0, 0.05) is 18.5 Å². The zero-order valence-electron chi connectivity index (χ0n) is 9.90. The summed E-state index contributed by atoms with van der Waals surface area (Å²) in [5.74, 6) is -1.03. The molecule has 0 aromatic heterocycles. The standard InChI is InChI=1S/C11H20N2O3/c1-8(2)13(7-11(15)16)10(14)6-9-4-3-5-12-9/h8-9,12H,3-7H2,1-2H3,(H,15,16). The van der Waals surface area contributed by atoms with Crippen molar-refractivity contribution < 1.29 is 14.7 Å². The molecular formula is C11H20N2O3. The number of amides is 1. The normalized spacial score (nSPS) is 20.1. The first-order chi connectivity index (χ1) is 7.50. The lowest BCUT2D eigenvalue weighted by Crippen LogP contribution is -2.43. The zero-order chi connectivity index (χ0) is 12.1. The van der Waals surface area contributed by atoms with Gasteiger partial charge in [-0.15, -0.1) is 0 Å². The summed E-state index contributed by atoms with van der Waals surface area (Å²) in [5.41, 5.74) is 0. The van der Waals surface area contributed by atoms with E-state index in [4.69, 9.17) is 5.11 Å². The minimum absolute atomic E-state index is 0.0648. The van der Waals surface area contributed by atoms with Gasteiger partial charge in [-0.1, -0.05) is 0 Å². The minimum atomic E-state index is -0.957. The number of carbonyl (C=O) groups excluding carboxylic acids is 1. The number of aliphatic carboxylic acids is 1. The molecule has 1 rings (SSSR count). The summed E-state index contributed by atoms with van der Waals surface area (Å²) >= 11 is 0. The van der Waals surface area contributed by atoms with E-state index in [0.29, 0.717) is 6.42 Å². The fraction of sp³-hybridized carbons (Fsp3) is 0.818. The monoisotopic (exact) mass is 228 g/mol. The number of hydrogen-bond acceptors (Lipinski definition) is 3. The first-order valence-electron chi connectivity index (χ1n) is 5.75. The maximum Gasteiger partial charge on any atom is 0.323 e. The van der Waals surface area contributed by atoms with Gasteiger partial charge in [-0.2, -0.15) is 0 Å². The van der Waals surface area contributed by atoms with E-state index >= 15 is 0 Å². The van der Waals surface area contributed by atoms with Crippen LogP contribution in [0.3, 0.4) is 0 Å². The second-order valence-electron chi connectivity index (χ2n) is 4.51. The Morgan fingerprint density at radius 3 is 2.62 bits per heavy atom. The molecule has 5 nitrogen and oxygen atoms in total.